The number of pyridine rings is 1. The number of aromatic nitrogens is 1. The first-order chi connectivity index (χ1) is 15.8. The Labute approximate surface area is 191 Å². The fraction of sp³-hybridized carbons (Fsp3) is 0.560. The SMILES string of the molecule is CC(C(=O)NC12CC(NC(=O)CO)(C1)C2)C1[C@H]2CC(Oc3ccnc4ccc(F)cc34)C[C@@H]12. The Bertz CT molecular complexity index is 1120. The van der Waals surface area contributed by atoms with E-state index in [1.165, 1.54) is 12.1 Å². The minimum atomic E-state index is -0.498. The summed E-state index contributed by atoms with van der Waals surface area (Å²) in [5.74, 6) is 1.42. The molecule has 0 aliphatic heterocycles. The molecule has 1 heterocycles. The number of fused-ring (bicyclic) bond motifs is 2. The second kappa shape index (κ2) is 7.13. The first-order valence-corrected chi connectivity index (χ1v) is 11.8. The summed E-state index contributed by atoms with van der Waals surface area (Å²) in [5.41, 5.74) is 0.310. The van der Waals surface area contributed by atoms with Crippen molar-refractivity contribution in [3.05, 3.63) is 36.3 Å². The number of aliphatic hydroxyl groups excluding tert-OH is 1. The Morgan fingerprint density at radius 3 is 2.58 bits per heavy atom. The van der Waals surface area contributed by atoms with E-state index >= 15 is 0 Å². The van der Waals surface area contributed by atoms with Crippen LogP contribution in [0.4, 0.5) is 4.39 Å². The Kier molecular flexibility index (Phi) is 4.50. The third kappa shape index (κ3) is 3.38. The van der Waals surface area contributed by atoms with Crippen molar-refractivity contribution >= 4 is 22.7 Å². The van der Waals surface area contributed by atoms with Crippen molar-refractivity contribution in [2.24, 2.45) is 23.7 Å². The quantitative estimate of drug-likeness (QED) is 0.597. The molecule has 0 spiro atoms. The molecule has 5 fully saturated rings. The smallest absolute Gasteiger partial charge is 0.246 e. The van der Waals surface area contributed by atoms with Gasteiger partial charge in [0.05, 0.1) is 11.6 Å². The van der Waals surface area contributed by atoms with E-state index in [4.69, 9.17) is 9.84 Å². The molecule has 5 atom stereocenters. The van der Waals surface area contributed by atoms with Crippen LogP contribution in [0.5, 0.6) is 5.75 Å². The molecular formula is C25H28FN3O4. The molecule has 7 rings (SSSR count). The van der Waals surface area contributed by atoms with Gasteiger partial charge in [0.15, 0.2) is 0 Å². The van der Waals surface area contributed by atoms with Crippen molar-refractivity contribution < 1.29 is 23.8 Å². The molecule has 2 aromatic rings. The summed E-state index contributed by atoms with van der Waals surface area (Å²) in [4.78, 5) is 28.6. The third-order valence-corrected chi connectivity index (χ3v) is 8.38. The van der Waals surface area contributed by atoms with E-state index in [0.29, 0.717) is 34.4 Å². The summed E-state index contributed by atoms with van der Waals surface area (Å²) in [6, 6.07) is 6.32. The predicted octanol–water partition coefficient (Wildman–Crippen LogP) is 2.31. The van der Waals surface area contributed by atoms with Crippen LogP contribution in [0.2, 0.25) is 0 Å². The molecule has 3 N–H and O–H groups in total. The predicted molar refractivity (Wildman–Crippen MR) is 118 cm³/mol. The van der Waals surface area contributed by atoms with E-state index in [2.05, 4.69) is 15.6 Å². The van der Waals surface area contributed by atoms with Crippen LogP contribution in [0.1, 0.15) is 39.0 Å². The molecule has 2 amide bonds. The highest BCUT2D eigenvalue weighted by atomic mass is 19.1. The number of rotatable bonds is 7. The Balaban J connectivity index is 1.01. The lowest BCUT2D eigenvalue weighted by Gasteiger charge is -2.70. The van der Waals surface area contributed by atoms with Gasteiger partial charge >= 0.3 is 0 Å². The monoisotopic (exact) mass is 453 g/mol. The van der Waals surface area contributed by atoms with Gasteiger partial charge in [-0.25, -0.2) is 4.39 Å². The lowest BCUT2D eigenvalue weighted by Crippen LogP contribution is -2.84. The molecule has 5 aliphatic rings. The van der Waals surface area contributed by atoms with Gasteiger partial charge < -0.3 is 20.5 Å². The van der Waals surface area contributed by atoms with E-state index < -0.39 is 6.61 Å². The van der Waals surface area contributed by atoms with Crippen LogP contribution in [0.25, 0.3) is 10.9 Å². The van der Waals surface area contributed by atoms with Crippen LogP contribution in [0.3, 0.4) is 0 Å². The molecule has 0 radical (unpaired) electrons. The molecular weight excluding hydrogens is 425 g/mol. The number of hydrogen-bond donors (Lipinski definition) is 3. The average Bonchev–Trinajstić information content (AvgIpc) is 3.25. The van der Waals surface area contributed by atoms with Crippen LogP contribution in [-0.2, 0) is 9.59 Å². The van der Waals surface area contributed by atoms with Gasteiger partial charge in [0, 0.05) is 28.6 Å². The molecule has 1 aromatic carbocycles. The van der Waals surface area contributed by atoms with Crippen molar-refractivity contribution in [2.75, 3.05) is 6.61 Å². The fourth-order valence-corrected chi connectivity index (χ4v) is 6.99. The Hall–Kier alpha value is -2.74. The lowest BCUT2D eigenvalue weighted by atomic mass is 9.44. The van der Waals surface area contributed by atoms with Crippen molar-refractivity contribution in [1.82, 2.24) is 15.6 Å². The van der Waals surface area contributed by atoms with Gasteiger partial charge in [0.25, 0.3) is 0 Å². The van der Waals surface area contributed by atoms with Crippen LogP contribution in [0, 0.1) is 29.5 Å². The molecule has 7 nitrogen and oxygen atoms in total. The first-order valence-electron chi connectivity index (χ1n) is 11.8. The topological polar surface area (TPSA) is 101 Å². The third-order valence-electron chi connectivity index (χ3n) is 8.38. The number of halogens is 1. The normalized spacial score (nSPS) is 36.2. The van der Waals surface area contributed by atoms with Crippen LogP contribution in [0.15, 0.2) is 30.5 Å². The van der Waals surface area contributed by atoms with Gasteiger partial charge in [-0.05, 0) is 74.1 Å². The average molecular weight is 454 g/mol. The zero-order valence-corrected chi connectivity index (χ0v) is 18.5. The second-order valence-electron chi connectivity index (χ2n) is 10.7. The van der Waals surface area contributed by atoms with E-state index in [0.717, 1.165) is 32.1 Å². The number of amides is 2. The van der Waals surface area contributed by atoms with Crippen molar-refractivity contribution in [3.63, 3.8) is 0 Å². The van der Waals surface area contributed by atoms with Gasteiger partial charge in [0.1, 0.15) is 18.2 Å². The standard InChI is InChI=1S/C25H28FN3O4/c1-13(23(32)29-25-10-24(11-25,12-25)28-21(31)9-30)22-16-7-15(8-17(16)22)33-20-4-5-27-19-3-2-14(26)6-18(19)20/h2-6,13,15-17,22,30H,7-12H2,1H3,(H,28,31)(H,29,32)/t13?,15?,16-,17+,22?,24?,25?. The Morgan fingerprint density at radius 2 is 1.88 bits per heavy atom. The van der Waals surface area contributed by atoms with Crippen LogP contribution in [-0.4, -0.2) is 45.7 Å². The molecule has 3 unspecified atom stereocenters. The summed E-state index contributed by atoms with van der Waals surface area (Å²) >= 11 is 0. The number of carbonyl (C=O) groups excluding carboxylic acids is 2. The van der Waals surface area contributed by atoms with Crippen LogP contribution < -0.4 is 15.4 Å². The molecule has 2 bridgehead atoms. The summed E-state index contributed by atoms with van der Waals surface area (Å²) in [6.45, 7) is 1.52. The maximum absolute atomic E-state index is 13.7. The van der Waals surface area contributed by atoms with E-state index in [1.54, 1.807) is 18.3 Å². The summed E-state index contributed by atoms with van der Waals surface area (Å²) in [6.07, 6.45) is 5.83. The number of nitrogens with one attached hydrogen (secondary N) is 2. The van der Waals surface area contributed by atoms with E-state index in [-0.39, 0.29) is 40.7 Å². The van der Waals surface area contributed by atoms with Gasteiger partial charge in [-0.15, -0.1) is 0 Å². The van der Waals surface area contributed by atoms with E-state index in [9.17, 15) is 14.0 Å². The highest BCUT2D eigenvalue weighted by molar-refractivity contribution is 5.85. The number of hydrogen-bond acceptors (Lipinski definition) is 5. The molecule has 0 saturated heterocycles. The van der Waals surface area contributed by atoms with Crippen molar-refractivity contribution in [3.8, 4) is 5.75 Å². The highest BCUT2D eigenvalue weighted by Gasteiger charge is 2.70. The largest absolute Gasteiger partial charge is 0.490 e. The van der Waals surface area contributed by atoms with Crippen LogP contribution >= 0.6 is 0 Å². The van der Waals surface area contributed by atoms with Gasteiger partial charge in [-0.1, -0.05) is 6.92 Å². The number of nitrogens with zero attached hydrogens (tertiary/aromatic N) is 1. The zero-order valence-electron chi connectivity index (χ0n) is 18.5. The Morgan fingerprint density at radius 1 is 1.18 bits per heavy atom. The maximum Gasteiger partial charge on any atom is 0.246 e. The van der Waals surface area contributed by atoms with Crippen molar-refractivity contribution in [2.45, 2.75) is 56.2 Å². The molecule has 33 heavy (non-hydrogen) atoms. The number of aliphatic hydroxyl groups is 1. The number of carbonyl (C=O) groups is 2. The lowest BCUT2D eigenvalue weighted by molar-refractivity contribution is -0.153. The summed E-state index contributed by atoms with van der Waals surface area (Å²) in [7, 11) is 0. The number of benzene rings is 1. The second-order valence-corrected chi connectivity index (χ2v) is 10.7. The first kappa shape index (κ1) is 20.8. The highest BCUT2D eigenvalue weighted by Crippen LogP contribution is 2.63. The summed E-state index contributed by atoms with van der Waals surface area (Å²) in [5, 5.41) is 15.7. The molecule has 8 heteroatoms. The zero-order chi connectivity index (χ0) is 23.0. The van der Waals surface area contributed by atoms with Gasteiger partial charge in [-0.3, -0.25) is 14.6 Å². The van der Waals surface area contributed by atoms with Gasteiger partial charge in [0.2, 0.25) is 11.8 Å². The number of ether oxygens (including phenoxy) is 1. The molecule has 174 valence electrons. The van der Waals surface area contributed by atoms with E-state index in [1.807, 2.05) is 6.92 Å². The minimum absolute atomic E-state index is 0.0474. The summed E-state index contributed by atoms with van der Waals surface area (Å²) < 4.78 is 19.9. The minimum Gasteiger partial charge on any atom is -0.490 e. The van der Waals surface area contributed by atoms with Crippen molar-refractivity contribution in [1.29, 1.82) is 0 Å². The molecule has 1 aromatic heterocycles. The van der Waals surface area contributed by atoms with Gasteiger partial charge in [-0.2, -0.15) is 0 Å². The maximum atomic E-state index is 13.7. The molecule has 5 aliphatic carbocycles. The fourth-order valence-electron chi connectivity index (χ4n) is 6.99. The molecule has 5 saturated carbocycles.